The van der Waals surface area contributed by atoms with Crippen molar-refractivity contribution in [2.45, 2.75) is 31.9 Å². The van der Waals surface area contributed by atoms with Crippen LogP contribution in [0.4, 0.5) is 13.2 Å². The molecule has 0 aliphatic carbocycles. The highest BCUT2D eigenvalue weighted by Gasteiger charge is 2.34. The molecule has 1 aliphatic heterocycles. The second-order valence-electron chi connectivity index (χ2n) is 4.78. The van der Waals surface area contributed by atoms with Crippen molar-refractivity contribution >= 4 is 0 Å². The molecule has 0 amide bonds. The van der Waals surface area contributed by atoms with Crippen LogP contribution in [0.15, 0.2) is 30.7 Å². The quantitative estimate of drug-likeness (QED) is 0.897. The van der Waals surface area contributed by atoms with Gasteiger partial charge in [-0.2, -0.15) is 13.2 Å². The summed E-state index contributed by atoms with van der Waals surface area (Å²) in [6.45, 7) is 2.84. The van der Waals surface area contributed by atoms with Crippen molar-refractivity contribution in [2.75, 3.05) is 0 Å². The van der Waals surface area contributed by atoms with E-state index in [2.05, 4.69) is 0 Å². The third-order valence-electron chi connectivity index (χ3n) is 2.72. The smallest absolute Gasteiger partial charge is 0.416 e. The maximum atomic E-state index is 12.8. The Morgan fingerprint density at radius 2 is 1.53 bits per heavy atom. The highest BCUT2D eigenvalue weighted by Crippen LogP contribution is 2.36. The van der Waals surface area contributed by atoms with Gasteiger partial charge in [0.15, 0.2) is 0 Å². The Bertz CT molecular complexity index is 461. The van der Waals surface area contributed by atoms with E-state index in [1.54, 1.807) is 0 Å². The molecule has 19 heavy (non-hydrogen) atoms. The second kappa shape index (κ2) is 4.45. The van der Waals surface area contributed by atoms with Crippen LogP contribution in [-0.2, 0) is 21.3 Å². The average molecular weight is 274 g/mol. The van der Waals surface area contributed by atoms with E-state index in [0.29, 0.717) is 0 Å². The highest BCUT2D eigenvalue weighted by atomic mass is 19.4. The van der Waals surface area contributed by atoms with Crippen LogP contribution in [0.3, 0.4) is 0 Å². The molecule has 0 saturated carbocycles. The number of alkyl halides is 3. The van der Waals surface area contributed by atoms with E-state index in [0.717, 1.165) is 12.1 Å². The van der Waals surface area contributed by atoms with Crippen LogP contribution >= 0.6 is 0 Å². The highest BCUT2D eigenvalue weighted by molar-refractivity contribution is 5.35. The van der Waals surface area contributed by atoms with E-state index in [-0.39, 0.29) is 11.1 Å². The molecule has 3 nitrogen and oxygen atoms in total. The number of benzene rings is 1. The van der Waals surface area contributed by atoms with Crippen LogP contribution in [0.1, 0.15) is 36.8 Å². The van der Waals surface area contributed by atoms with Crippen molar-refractivity contribution in [3.8, 4) is 0 Å². The molecule has 0 atom stereocenters. The van der Waals surface area contributed by atoms with Gasteiger partial charge in [-0.25, -0.2) is 0 Å². The summed E-state index contributed by atoms with van der Waals surface area (Å²) in [4.78, 5) is 0. The first-order valence-corrected chi connectivity index (χ1v) is 5.59. The van der Waals surface area contributed by atoms with E-state index in [1.165, 1.54) is 32.4 Å². The summed E-state index contributed by atoms with van der Waals surface area (Å²) in [6.07, 6.45) is -2.89. The lowest BCUT2D eigenvalue weighted by Crippen LogP contribution is -2.18. The summed E-state index contributed by atoms with van der Waals surface area (Å²) in [5.74, 6) is 0. The number of halogens is 3. The number of aliphatic hydroxyl groups is 1. The van der Waals surface area contributed by atoms with Gasteiger partial charge in [0.25, 0.3) is 6.29 Å². The predicted molar refractivity (Wildman–Crippen MR) is 60.7 cm³/mol. The molecule has 6 heteroatoms. The Kier molecular flexibility index (Phi) is 3.22. The van der Waals surface area contributed by atoms with Gasteiger partial charge in [0.1, 0.15) is 12.5 Å². The van der Waals surface area contributed by atoms with Gasteiger partial charge in [0, 0.05) is 5.56 Å². The molecule has 0 unspecified atom stereocenters. The fourth-order valence-corrected chi connectivity index (χ4v) is 1.70. The summed E-state index contributed by atoms with van der Waals surface area (Å²) in [6, 6.07) is 3.31. The van der Waals surface area contributed by atoms with Crippen LogP contribution in [0.2, 0.25) is 0 Å². The Morgan fingerprint density at radius 1 is 1.00 bits per heavy atom. The molecule has 1 aromatic carbocycles. The number of hydrogen-bond acceptors (Lipinski definition) is 3. The molecule has 2 rings (SSSR count). The molecule has 1 heterocycles. The molecule has 0 saturated heterocycles. The fraction of sp³-hybridized carbons (Fsp3) is 0.385. The zero-order chi connectivity index (χ0) is 14.3. The molecule has 1 aromatic rings. The molecule has 0 bridgehead atoms. The Labute approximate surface area is 108 Å². The van der Waals surface area contributed by atoms with Crippen molar-refractivity contribution in [3.05, 3.63) is 47.4 Å². The van der Waals surface area contributed by atoms with Crippen molar-refractivity contribution < 1.29 is 27.8 Å². The third kappa shape index (κ3) is 3.01. The van der Waals surface area contributed by atoms with Gasteiger partial charge in [-0.1, -0.05) is 0 Å². The van der Waals surface area contributed by atoms with Crippen molar-refractivity contribution in [2.24, 2.45) is 0 Å². The van der Waals surface area contributed by atoms with Gasteiger partial charge in [-0.15, -0.1) is 0 Å². The minimum Gasteiger partial charge on any atom is -0.455 e. The zero-order valence-corrected chi connectivity index (χ0v) is 10.4. The number of hydrogen-bond donors (Lipinski definition) is 1. The SMILES string of the molecule is CC(C)(O)c1cc(C2OC=CO2)cc(C(F)(F)F)c1. The first-order chi connectivity index (χ1) is 8.68. The largest absolute Gasteiger partial charge is 0.455 e. The number of ether oxygens (including phenoxy) is 2. The van der Waals surface area contributed by atoms with Crippen LogP contribution in [-0.4, -0.2) is 5.11 Å². The summed E-state index contributed by atoms with van der Waals surface area (Å²) < 4.78 is 48.6. The van der Waals surface area contributed by atoms with Crippen molar-refractivity contribution in [1.82, 2.24) is 0 Å². The van der Waals surface area contributed by atoms with Gasteiger partial charge in [0.2, 0.25) is 0 Å². The molecule has 1 aliphatic rings. The summed E-state index contributed by atoms with van der Waals surface area (Å²) in [5, 5.41) is 9.88. The Morgan fingerprint density at radius 3 is 2.00 bits per heavy atom. The Balaban J connectivity index is 2.49. The Hall–Kier alpha value is -1.69. The van der Waals surface area contributed by atoms with E-state index >= 15 is 0 Å². The third-order valence-corrected chi connectivity index (χ3v) is 2.72. The van der Waals surface area contributed by atoms with E-state index in [1.807, 2.05) is 0 Å². The molecule has 0 radical (unpaired) electrons. The minimum atomic E-state index is -4.50. The monoisotopic (exact) mass is 274 g/mol. The van der Waals surface area contributed by atoms with Gasteiger partial charge in [-0.05, 0) is 37.6 Å². The van der Waals surface area contributed by atoms with E-state index < -0.39 is 23.6 Å². The lowest BCUT2D eigenvalue weighted by Gasteiger charge is -2.22. The van der Waals surface area contributed by atoms with Crippen LogP contribution in [0.25, 0.3) is 0 Å². The summed E-state index contributed by atoms with van der Waals surface area (Å²) in [7, 11) is 0. The topological polar surface area (TPSA) is 38.7 Å². The molecule has 0 spiro atoms. The molecule has 104 valence electrons. The van der Waals surface area contributed by atoms with Crippen LogP contribution in [0, 0.1) is 0 Å². The zero-order valence-electron chi connectivity index (χ0n) is 10.4. The summed E-state index contributed by atoms with van der Waals surface area (Å²) in [5.41, 5.74) is -1.88. The maximum absolute atomic E-state index is 12.8. The fourth-order valence-electron chi connectivity index (χ4n) is 1.70. The average Bonchev–Trinajstić information content (AvgIpc) is 2.79. The van der Waals surface area contributed by atoms with Gasteiger partial charge in [0.05, 0.1) is 11.2 Å². The van der Waals surface area contributed by atoms with Gasteiger partial charge in [-0.3, -0.25) is 0 Å². The predicted octanol–water partition coefficient (Wildman–Crippen LogP) is 3.45. The van der Waals surface area contributed by atoms with Crippen molar-refractivity contribution in [1.29, 1.82) is 0 Å². The molecular formula is C13H13F3O3. The maximum Gasteiger partial charge on any atom is 0.416 e. The first kappa shape index (κ1) is 13.7. The van der Waals surface area contributed by atoms with E-state index in [4.69, 9.17) is 9.47 Å². The second-order valence-corrected chi connectivity index (χ2v) is 4.78. The number of rotatable bonds is 2. The van der Waals surface area contributed by atoms with Gasteiger partial charge < -0.3 is 14.6 Å². The lowest BCUT2D eigenvalue weighted by atomic mass is 9.94. The normalized spacial score (nSPS) is 16.3. The molecular weight excluding hydrogens is 261 g/mol. The summed E-state index contributed by atoms with van der Waals surface area (Å²) >= 11 is 0. The molecule has 0 fully saturated rings. The first-order valence-electron chi connectivity index (χ1n) is 5.59. The minimum absolute atomic E-state index is 0.149. The standard InChI is InChI=1S/C13H13F3O3/c1-12(2,17)9-5-8(11-18-3-4-19-11)6-10(7-9)13(14,15)16/h3-7,11,17H,1-2H3. The van der Waals surface area contributed by atoms with Crippen LogP contribution in [0.5, 0.6) is 0 Å². The molecule has 0 aromatic heterocycles. The van der Waals surface area contributed by atoms with Crippen molar-refractivity contribution in [3.63, 3.8) is 0 Å². The van der Waals surface area contributed by atoms with Gasteiger partial charge >= 0.3 is 6.18 Å². The molecule has 1 N–H and O–H groups in total. The van der Waals surface area contributed by atoms with Crippen LogP contribution < -0.4 is 0 Å². The lowest BCUT2D eigenvalue weighted by molar-refractivity contribution is -0.138. The van der Waals surface area contributed by atoms with E-state index in [9.17, 15) is 18.3 Å².